The number of hydrogen-bond acceptors (Lipinski definition) is 4. The Morgan fingerprint density at radius 3 is 2.07 bits per heavy atom. The van der Waals surface area contributed by atoms with Crippen molar-refractivity contribution in [3.05, 3.63) is 0 Å². The van der Waals surface area contributed by atoms with E-state index in [0.717, 1.165) is 0 Å². The number of carbonyl (C=O) groups is 4. The highest BCUT2D eigenvalue weighted by atomic mass is 16.4. The number of carboxylic acids is 2. The molecule has 0 fully saturated rings. The fraction of sp³-hybridized carbons (Fsp3) is 0.429. The lowest BCUT2D eigenvalue weighted by Gasteiger charge is -2.11. The fourth-order valence-electron chi connectivity index (χ4n) is 0.764. The number of amides is 2. The van der Waals surface area contributed by atoms with Crippen molar-refractivity contribution in [3.8, 4) is 0 Å². The minimum atomic E-state index is -1.79. The molecule has 0 aromatic rings. The van der Waals surface area contributed by atoms with Crippen LogP contribution in [0, 0.1) is 0 Å². The molecule has 0 aliphatic rings. The summed E-state index contributed by atoms with van der Waals surface area (Å²) in [6, 6.07) is -1.43. The van der Waals surface area contributed by atoms with E-state index in [1.54, 1.807) is 5.32 Å². The van der Waals surface area contributed by atoms with Crippen molar-refractivity contribution in [3.63, 3.8) is 0 Å². The largest absolute Gasteiger partial charge is 0.480 e. The summed E-state index contributed by atoms with van der Waals surface area (Å²) in [6.45, 7) is 0. The Hall–Kier alpha value is -2.12. The molecule has 8 nitrogen and oxygen atoms in total. The minimum Gasteiger partial charge on any atom is -0.480 e. The van der Waals surface area contributed by atoms with Crippen molar-refractivity contribution in [2.45, 2.75) is 18.9 Å². The summed E-state index contributed by atoms with van der Waals surface area (Å²) in [5.41, 5.74) is 4.77. The van der Waals surface area contributed by atoms with Crippen LogP contribution in [0.1, 0.15) is 12.8 Å². The van der Waals surface area contributed by atoms with E-state index in [9.17, 15) is 19.2 Å². The first-order valence-corrected chi connectivity index (χ1v) is 3.89. The summed E-state index contributed by atoms with van der Waals surface area (Å²) < 4.78 is 0. The monoisotopic (exact) mass is 218 g/mol. The second kappa shape index (κ2) is 5.58. The van der Waals surface area contributed by atoms with Crippen LogP contribution in [-0.2, 0) is 19.2 Å². The van der Waals surface area contributed by atoms with E-state index in [1.807, 2.05) is 0 Å². The Balaban J connectivity index is 4.28. The van der Waals surface area contributed by atoms with Gasteiger partial charge in [-0.15, -0.1) is 0 Å². The maximum atomic E-state index is 10.6. The van der Waals surface area contributed by atoms with Crippen LogP contribution in [0.2, 0.25) is 0 Å². The van der Waals surface area contributed by atoms with E-state index in [0.29, 0.717) is 0 Å². The fourth-order valence-corrected chi connectivity index (χ4v) is 0.764. The lowest BCUT2D eigenvalue weighted by Crippen LogP contribution is -2.44. The highest BCUT2D eigenvalue weighted by Crippen LogP contribution is 1.97. The molecule has 0 aromatic carbocycles. The SMILES string of the molecule is NC(=O)CCC(NC(=O)C(=O)O)C(=O)O. The van der Waals surface area contributed by atoms with Gasteiger partial charge in [-0.25, -0.2) is 9.59 Å². The Morgan fingerprint density at radius 1 is 1.20 bits per heavy atom. The predicted octanol–water partition coefficient (Wildman–Crippen LogP) is -2.09. The van der Waals surface area contributed by atoms with Gasteiger partial charge in [0.25, 0.3) is 0 Å². The third-order valence-electron chi connectivity index (χ3n) is 1.48. The summed E-state index contributed by atoms with van der Waals surface area (Å²) >= 11 is 0. The number of rotatable bonds is 5. The van der Waals surface area contributed by atoms with Gasteiger partial charge in [0.05, 0.1) is 0 Å². The zero-order chi connectivity index (χ0) is 12.0. The predicted molar refractivity (Wildman–Crippen MR) is 45.6 cm³/mol. The van der Waals surface area contributed by atoms with E-state index in [-0.39, 0.29) is 12.8 Å². The Bertz CT molecular complexity index is 300. The average molecular weight is 218 g/mol. The van der Waals surface area contributed by atoms with Gasteiger partial charge in [0.2, 0.25) is 5.91 Å². The molecule has 0 bridgehead atoms. The van der Waals surface area contributed by atoms with Crippen molar-refractivity contribution >= 4 is 23.8 Å². The van der Waals surface area contributed by atoms with Gasteiger partial charge in [-0.3, -0.25) is 9.59 Å². The van der Waals surface area contributed by atoms with E-state index in [2.05, 4.69) is 0 Å². The third-order valence-corrected chi connectivity index (χ3v) is 1.48. The van der Waals surface area contributed by atoms with Crippen LogP contribution in [-0.4, -0.2) is 40.0 Å². The van der Waals surface area contributed by atoms with Gasteiger partial charge in [0, 0.05) is 6.42 Å². The smallest absolute Gasteiger partial charge is 0.394 e. The van der Waals surface area contributed by atoms with E-state index >= 15 is 0 Å². The van der Waals surface area contributed by atoms with Crippen molar-refractivity contribution in [2.75, 3.05) is 0 Å². The molecule has 84 valence electrons. The molecule has 5 N–H and O–H groups in total. The molecule has 0 heterocycles. The molecule has 0 rings (SSSR count). The highest BCUT2D eigenvalue weighted by Gasteiger charge is 2.23. The summed E-state index contributed by atoms with van der Waals surface area (Å²) in [6.07, 6.45) is -0.499. The quantitative estimate of drug-likeness (QED) is 0.389. The highest BCUT2D eigenvalue weighted by molar-refractivity contribution is 6.31. The molecular weight excluding hydrogens is 208 g/mol. The van der Waals surface area contributed by atoms with Gasteiger partial charge in [0.1, 0.15) is 6.04 Å². The van der Waals surface area contributed by atoms with Crippen molar-refractivity contribution < 1.29 is 29.4 Å². The van der Waals surface area contributed by atoms with Crippen LogP contribution in [0.25, 0.3) is 0 Å². The number of aliphatic carboxylic acids is 2. The van der Waals surface area contributed by atoms with Gasteiger partial charge in [-0.05, 0) is 6.42 Å². The molecule has 0 saturated heterocycles. The van der Waals surface area contributed by atoms with Crippen molar-refractivity contribution in [2.24, 2.45) is 5.73 Å². The number of nitrogens with two attached hydrogens (primary N) is 1. The van der Waals surface area contributed by atoms with Crippen LogP contribution >= 0.6 is 0 Å². The van der Waals surface area contributed by atoms with Crippen LogP contribution in [0.15, 0.2) is 0 Å². The zero-order valence-corrected chi connectivity index (χ0v) is 7.60. The zero-order valence-electron chi connectivity index (χ0n) is 7.60. The maximum absolute atomic E-state index is 10.6. The van der Waals surface area contributed by atoms with Gasteiger partial charge >= 0.3 is 17.8 Å². The molecule has 1 atom stereocenters. The molecule has 0 spiro atoms. The molecule has 0 aromatic heterocycles. The van der Waals surface area contributed by atoms with E-state index < -0.39 is 29.8 Å². The van der Waals surface area contributed by atoms with Gasteiger partial charge in [0.15, 0.2) is 0 Å². The van der Waals surface area contributed by atoms with Crippen LogP contribution < -0.4 is 11.1 Å². The van der Waals surface area contributed by atoms with Gasteiger partial charge < -0.3 is 21.3 Å². The topological polar surface area (TPSA) is 147 Å². The molecular formula is C7H10N2O6. The Labute approximate surface area is 84.1 Å². The molecule has 0 aliphatic heterocycles. The summed E-state index contributed by atoms with van der Waals surface area (Å²) in [5.74, 6) is -5.39. The standard InChI is InChI=1S/C7H10N2O6/c8-4(10)2-1-3(6(12)13)9-5(11)7(14)15/h3H,1-2H2,(H2,8,10)(H,9,11)(H,12,13)(H,14,15). The number of primary amides is 1. The normalized spacial score (nSPS) is 11.5. The number of nitrogens with one attached hydrogen (secondary N) is 1. The van der Waals surface area contributed by atoms with Crippen molar-refractivity contribution in [1.82, 2.24) is 5.32 Å². The molecule has 0 aliphatic carbocycles. The minimum absolute atomic E-state index is 0.246. The first-order valence-electron chi connectivity index (χ1n) is 3.89. The molecule has 15 heavy (non-hydrogen) atoms. The number of hydrogen-bond donors (Lipinski definition) is 4. The first-order chi connectivity index (χ1) is 6.84. The first kappa shape index (κ1) is 12.9. The summed E-state index contributed by atoms with van der Waals surface area (Å²) in [5, 5.41) is 18.5. The average Bonchev–Trinajstić information content (AvgIpc) is 2.10. The molecule has 0 radical (unpaired) electrons. The van der Waals surface area contributed by atoms with Gasteiger partial charge in [-0.2, -0.15) is 0 Å². The second-order valence-electron chi connectivity index (χ2n) is 2.67. The van der Waals surface area contributed by atoms with Crippen molar-refractivity contribution in [1.29, 1.82) is 0 Å². The van der Waals surface area contributed by atoms with Gasteiger partial charge in [-0.1, -0.05) is 0 Å². The lowest BCUT2D eigenvalue weighted by molar-refractivity contribution is -0.152. The summed E-state index contributed by atoms with van der Waals surface area (Å²) in [4.78, 5) is 41.6. The molecule has 8 heteroatoms. The maximum Gasteiger partial charge on any atom is 0.394 e. The van der Waals surface area contributed by atoms with E-state index in [4.69, 9.17) is 15.9 Å². The van der Waals surface area contributed by atoms with Crippen LogP contribution in [0.5, 0.6) is 0 Å². The number of carbonyl (C=O) groups excluding carboxylic acids is 2. The molecule has 2 amide bonds. The molecule has 1 unspecified atom stereocenters. The molecule has 0 saturated carbocycles. The third kappa shape index (κ3) is 5.24. The second-order valence-corrected chi connectivity index (χ2v) is 2.67. The van der Waals surface area contributed by atoms with E-state index in [1.165, 1.54) is 0 Å². The lowest BCUT2D eigenvalue weighted by atomic mass is 10.1. The van der Waals surface area contributed by atoms with Crippen LogP contribution in [0.4, 0.5) is 0 Å². The Morgan fingerprint density at radius 2 is 1.73 bits per heavy atom. The van der Waals surface area contributed by atoms with Crippen LogP contribution in [0.3, 0.4) is 0 Å². The number of carboxylic acid groups (broad SMARTS) is 2. The Kier molecular flexibility index (Phi) is 4.79. The summed E-state index contributed by atoms with van der Waals surface area (Å²) in [7, 11) is 0.